The molecule has 0 aliphatic carbocycles. The number of carbonyl (C=O) groups excluding carboxylic acids is 1. The van der Waals surface area contributed by atoms with Crippen LogP contribution in [0.1, 0.15) is 59.5 Å². The fourth-order valence-corrected chi connectivity index (χ4v) is 4.96. The SMILES string of the molecule is COc1ccccc1CNC(=O)c1ccc(Oc2nc(Oc3cccc(C(=N)N)c3)c(F)c(N(C(C)C)C(C)C)c2F)c(C(=O)O)c1. The first-order valence-electron chi connectivity index (χ1n) is 14.6. The molecule has 47 heavy (non-hydrogen) atoms. The molecule has 4 rings (SSSR count). The second kappa shape index (κ2) is 14.6. The van der Waals surface area contributed by atoms with Gasteiger partial charge in [-0.25, -0.2) is 4.79 Å². The molecular formula is C34H35F2N5O6. The van der Waals surface area contributed by atoms with Gasteiger partial charge in [0.2, 0.25) is 11.6 Å². The molecule has 1 heterocycles. The number of amides is 1. The average molecular weight is 648 g/mol. The number of aromatic nitrogens is 1. The molecule has 11 nitrogen and oxygen atoms in total. The molecule has 0 bridgehead atoms. The number of anilines is 1. The van der Waals surface area contributed by atoms with E-state index in [1.807, 2.05) is 0 Å². The number of hydrogen-bond acceptors (Lipinski definition) is 8. The van der Waals surface area contributed by atoms with Crippen LogP contribution >= 0.6 is 0 Å². The number of nitrogens with two attached hydrogens (primary N) is 1. The van der Waals surface area contributed by atoms with Crippen molar-refractivity contribution >= 4 is 23.4 Å². The van der Waals surface area contributed by atoms with E-state index in [2.05, 4.69) is 10.3 Å². The molecule has 0 fully saturated rings. The van der Waals surface area contributed by atoms with Crippen molar-refractivity contribution < 1.29 is 37.7 Å². The van der Waals surface area contributed by atoms with Gasteiger partial charge in [0, 0.05) is 35.3 Å². The van der Waals surface area contributed by atoms with Crippen molar-refractivity contribution in [1.29, 1.82) is 5.41 Å². The standard InChI is InChI=1S/C34H35F2N5O6/c1-18(2)41(19(3)4)29-27(35)32(46-23-11-8-10-20(15-23)30(37)38)40-33(28(29)36)47-26-14-13-21(16-24(26)34(43)44)31(42)39-17-22-9-6-7-12-25(22)45-5/h6-16,18-19H,17H2,1-5H3,(H3,37,38)(H,39,42)(H,43,44). The van der Waals surface area contributed by atoms with Gasteiger partial charge in [-0.15, -0.1) is 0 Å². The third kappa shape index (κ3) is 7.75. The van der Waals surface area contributed by atoms with E-state index >= 15 is 8.78 Å². The van der Waals surface area contributed by atoms with E-state index in [1.54, 1.807) is 58.0 Å². The molecule has 4 aromatic rings. The highest BCUT2D eigenvalue weighted by molar-refractivity contribution is 5.99. The van der Waals surface area contributed by atoms with Crippen molar-refractivity contribution in [2.75, 3.05) is 12.0 Å². The van der Waals surface area contributed by atoms with Crippen LogP contribution in [0.15, 0.2) is 66.7 Å². The highest BCUT2D eigenvalue weighted by atomic mass is 19.1. The zero-order chi connectivity index (χ0) is 34.4. The summed E-state index contributed by atoms with van der Waals surface area (Å²) >= 11 is 0. The Balaban J connectivity index is 1.74. The number of nitrogen functional groups attached to an aromatic ring is 1. The molecule has 0 unspecified atom stereocenters. The third-order valence-corrected chi connectivity index (χ3v) is 7.04. The number of carboxylic acid groups (broad SMARTS) is 1. The number of rotatable bonds is 13. The molecule has 5 N–H and O–H groups in total. The van der Waals surface area contributed by atoms with Crippen LogP contribution in [-0.4, -0.2) is 47.0 Å². The molecule has 1 amide bonds. The first kappa shape index (κ1) is 34.2. The zero-order valence-corrected chi connectivity index (χ0v) is 26.4. The number of aromatic carboxylic acids is 1. The Kier molecular flexibility index (Phi) is 10.6. The van der Waals surface area contributed by atoms with E-state index in [0.717, 1.165) is 6.07 Å². The lowest BCUT2D eigenvalue weighted by Crippen LogP contribution is -2.38. The summed E-state index contributed by atoms with van der Waals surface area (Å²) in [6.07, 6.45) is 0. The second-order valence-electron chi connectivity index (χ2n) is 10.9. The predicted molar refractivity (Wildman–Crippen MR) is 172 cm³/mol. The van der Waals surface area contributed by atoms with Crippen molar-refractivity contribution in [3.8, 4) is 29.0 Å². The number of pyridine rings is 1. The Morgan fingerprint density at radius 1 is 0.915 bits per heavy atom. The summed E-state index contributed by atoms with van der Waals surface area (Å²) in [5.41, 5.74) is 5.61. The molecule has 0 spiro atoms. The summed E-state index contributed by atoms with van der Waals surface area (Å²) in [5, 5.41) is 20.4. The topological polar surface area (TPSA) is 160 Å². The molecule has 0 atom stereocenters. The molecule has 0 aliphatic rings. The van der Waals surface area contributed by atoms with E-state index in [-0.39, 0.29) is 41.5 Å². The molecule has 0 aliphatic heterocycles. The Labute approximate surface area is 270 Å². The zero-order valence-electron chi connectivity index (χ0n) is 26.4. The van der Waals surface area contributed by atoms with Gasteiger partial charge >= 0.3 is 5.97 Å². The van der Waals surface area contributed by atoms with Crippen molar-refractivity contribution in [2.45, 2.75) is 46.3 Å². The summed E-state index contributed by atoms with van der Waals surface area (Å²) < 4.78 is 48.9. The van der Waals surface area contributed by atoms with Crippen LogP contribution in [0.4, 0.5) is 14.5 Å². The summed E-state index contributed by atoms with van der Waals surface area (Å²) in [5.74, 6) is -5.76. The Morgan fingerprint density at radius 3 is 2.19 bits per heavy atom. The van der Waals surface area contributed by atoms with Crippen molar-refractivity contribution in [3.63, 3.8) is 0 Å². The molecule has 0 saturated heterocycles. The predicted octanol–water partition coefficient (Wildman–Crippen LogP) is 6.49. The molecule has 1 aromatic heterocycles. The number of hydrogen-bond donors (Lipinski definition) is 4. The van der Waals surface area contributed by atoms with Crippen LogP contribution in [0.25, 0.3) is 0 Å². The smallest absolute Gasteiger partial charge is 0.339 e. The minimum Gasteiger partial charge on any atom is -0.496 e. The monoisotopic (exact) mass is 647 g/mol. The van der Waals surface area contributed by atoms with Gasteiger partial charge in [0.1, 0.15) is 34.3 Å². The number of ether oxygens (including phenoxy) is 3. The van der Waals surface area contributed by atoms with Gasteiger partial charge in [-0.1, -0.05) is 30.3 Å². The fourth-order valence-electron chi connectivity index (χ4n) is 4.96. The average Bonchev–Trinajstić information content (AvgIpc) is 3.03. The first-order chi connectivity index (χ1) is 22.3. The van der Waals surface area contributed by atoms with Gasteiger partial charge in [-0.2, -0.15) is 13.8 Å². The Hall–Kier alpha value is -5.72. The minimum absolute atomic E-state index is 0.00181. The summed E-state index contributed by atoms with van der Waals surface area (Å²) in [6.45, 7) is 7.10. The highest BCUT2D eigenvalue weighted by Gasteiger charge is 2.31. The van der Waals surface area contributed by atoms with E-state index in [1.165, 1.54) is 42.3 Å². The Bertz CT molecular complexity index is 1810. The van der Waals surface area contributed by atoms with Crippen LogP contribution in [0.2, 0.25) is 0 Å². The number of nitrogens with zero attached hydrogens (tertiary/aromatic N) is 2. The maximum absolute atomic E-state index is 16.2. The number of methoxy groups -OCH3 is 1. The van der Waals surface area contributed by atoms with Gasteiger partial charge in [0.25, 0.3) is 17.7 Å². The van der Waals surface area contributed by atoms with E-state index < -0.39 is 46.5 Å². The van der Waals surface area contributed by atoms with Crippen molar-refractivity contribution in [1.82, 2.24) is 10.3 Å². The lowest BCUT2D eigenvalue weighted by atomic mass is 10.1. The van der Waals surface area contributed by atoms with Gasteiger partial charge in [-0.05, 0) is 64.1 Å². The molecule has 0 radical (unpaired) electrons. The number of benzene rings is 3. The molecular weight excluding hydrogens is 612 g/mol. The minimum atomic E-state index is -1.47. The maximum atomic E-state index is 16.2. The van der Waals surface area contributed by atoms with Crippen LogP contribution in [0, 0.1) is 17.0 Å². The number of amidine groups is 1. The molecule has 0 saturated carbocycles. The molecule has 3 aromatic carbocycles. The van der Waals surface area contributed by atoms with Crippen molar-refractivity contribution in [3.05, 3.63) is 101 Å². The van der Waals surface area contributed by atoms with E-state index in [0.29, 0.717) is 16.9 Å². The number of carbonyl (C=O) groups is 2. The summed E-state index contributed by atoms with van der Waals surface area (Å²) in [4.78, 5) is 30.6. The number of para-hydroxylation sites is 1. The van der Waals surface area contributed by atoms with E-state index in [4.69, 9.17) is 25.4 Å². The summed E-state index contributed by atoms with van der Waals surface area (Å²) in [6, 6.07) is 15.8. The summed E-state index contributed by atoms with van der Waals surface area (Å²) in [7, 11) is 1.50. The van der Waals surface area contributed by atoms with Crippen LogP contribution < -0.4 is 30.2 Å². The van der Waals surface area contributed by atoms with Gasteiger partial charge < -0.3 is 35.3 Å². The van der Waals surface area contributed by atoms with Crippen molar-refractivity contribution in [2.24, 2.45) is 5.73 Å². The van der Waals surface area contributed by atoms with Crippen LogP contribution in [-0.2, 0) is 6.54 Å². The molecule has 246 valence electrons. The lowest BCUT2D eigenvalue weighted by molar-refractivity contribution is 0.0694. The fraction of sp³-hybridized carbons (Fsp3) is 0.235. The molecule has 13 heteroatoms. The highest BCUT2D eigenvalue weighted by Crippen LogP contribution is 2.40. The number of nitrogens with one attached hydrogen (secondary N) is 2. The first-order valence-corrected chi connectivity index (χ1v) is 14.6. The van der Waals surface area contributed by atoms with Gasteiger partial charge in [-0.3, -0.25) is 10.2 Å². The number of carboxylic acids is 1. The Morgan fingerprint density at radius 2 is 1.57 bits per heavy atom. The normalized spacial score (nSPS) is 10.9. The van der Waals surface area contributed by atoms with Gasteiger partial charge in [0.05, 0.1) is 7.11 Å². The van der Waals surface area contributed by atoms with E-state index in [9.17, 15) is 14.7 Å². The largest absolute Gasteiger partial charge is 0.496 e. The lowest BCUT2D eigenvalue weighted by Gasteiger charge is -2.33. The van der Waals surface area contributed by atoms with Crippen LogP contribution in [0.5, 0.6) is 29.0 Å². The third-order valence-electron chi connectivity index (χ3n) is 7.04. The second-order valence-corrected chi connectivity index (χ2v) is 10.9. The maximum Gasteiger partial charge on any atom is 0.339 e. The van der Waals surface area contributed by atoms with Gasteiger partial charge in [0.15, 0.2) is 0 Å². The number of halogens is 2. The quantitative estimate of drug-likeness (QED) is 0.0940. The van der Waals surface area contributed by atoms with Crippen LogP contribution in [0.3, 0.4) is 0 Å².